The van der Waals surface area contributed by atoms with E-state index in [2.05, 4.69) is 34.6 Å². The molecule has 0 rings (SSSR count). The van der Waals surface area contributed by atoms with Gasteiger partial charge in [0, 0.05) is 0 Å². The Hall–Kier alpha value is -0.260. The second kappa shape index (κ2) is 30.9. The summed E-state index contributed by atoms with van der Waals surface area (Å²) in [6, 6.07) is 0. The largest absolute Gasteiger partial charge is 0.0919 e. The third kappa shape index (κ3) is 1360. The Morgan fingerprint density at radius 2 is 1.00 bits per heavy atom. The van der Waals surface area contributed by atoms with Crippen molar-refractivity contribution in [1.82, 2.24) is 0 Å². The van der Waals surface area contributed by atoms with E-state index >= 15 is 0 Å². The molecule has 0 saturated heterocycles. The predicted molar refractivity (Wildman–Crippen MR) is 63.7 cm³/mol. The van der Waals surface area contributed by atoms with Crippen molar-refractivity contribution in [1.29, 1.82) is 0 Å². The lowest BCUT2D eigenvalue weighted by molar-refractivity contribution is 0.737. The maximum absolute atomic E-state index is 2.17. The fraction of sp³-hybridized carbons (Fsp3) is 0.833. The maximum atomic E-state index is 2.17. The molecule has 0 aromatic heterocycles. The molecule has 0 saturated carbocycles. The molecule has 0 fully saturated rings. The van der Waals surface area contributed by atoms with Crippen molar-refractivity contribution >= 4 is 0 Å². The van der Waals surface area contributed by atoms with Gasteiger partial charge >= 0.3 is 0 Å². The quantitative estimate of drug-likeness (QED) is 0.437. The van der Waals surface area contributed by atoms with E-state index in [1.54, 1.807) is 0 Å². The summed E-state index contributed by atoms with van der Waals surface area (Å²) >= 11 is 0. The van der Waals surface area contributed by atoms with Crippen LogP contribution in [0.1, 0.15) is 62.3 Å². The highest BCUT2D eigenvalue weighted by atomic mass is 13.7. The second-order valence-electron chi connectivity index (χ2n) is 3.11. The molecule has 0 spiro atoms. The molecule has 0 nitrogen and oxygen atoms in total. The third-order valence-corrected chi connectivity index (χ3v) is 0.333. The lowest BCUT2D eigenvalue weighted by Crippen LogP contribution is -1.66. The van der Waals surface area contributed by atoms with Gasteiger partial charge in [0.2, 0.25) is 0 Å². The summed E-state index contributed by atoms with van der Waals surface area (Å²) in [5.74, 6) is 0.833. The molecule has 0 aliphatic carbocycles. The highest BCUT2D eigenvalue weighted by molar-refractivity contribution is 4.68. The van der Waals surface area contributed by atoms with Crippen LogP contribution in [-0.2, 0) is 0 Å². The molecule has 0 radical (unpaired) electrons. The standard InChI is InChI=1S/C4H10.C4H8.C3H8.CH4/c1-4(2)3;1-3-4-2;1-3-2;/h4H,1-3H3;3-4H,1-2H3;3H2,1-2H3;1H4. The van der Waals surface area contributed by atoms with Gasteiger partial charge < -0.3 is 0 Å². The molecule has 0 aliphatic heterocycles. The van der Waals surface area contributed by atoms with Crippen molar-refractivity contribution in [3.63, 3.8) is 0 Å². The minimum atomic E-state index is 0. The zero-order chi connectivity index (χ0) is 9.70. The van der Waals surface area contributed by atoms with Crippen molar-refractivity contribution in [3.05, 3.63) is 12.2 Å². The Morgan fingerprint density at radius 1 is 0.917 bits per heavy atom. The van der Waals surface area contributed by atoms with E-state index in [-0.39, 0.29) is 7.43 Å². The Balaban J connectivity index is -0.0000000389. The van der Waals surface area contributed by atoms with Crippen molar-refractivity contribution in [2.45, 2.75) is 62.3 Å². The van der Waals surface area contributed by atoms with E-state index in [0.29, 0.717) is 0 Å². The monoisotopic (exact) mass is 174 g/mol. The molecule has 0 unspecified atom stereocenters. The second-order valence-corrected chi connectivity index (χ2v) is 3.11. The molecular formula is C12H30. The lowest BCUT2D eigenvalue weighted by atomic mass is 10.3. The van der Waals surface area contributed by atoms with Crippen LogP contribution in [0.15, 0.2) is 12.2 Å². The minimum Gasteiger partial charge on any atom is -0.0919 e. The highest BCUT2D eigenvalue weighted by Crippen LogP contribution is 1.81. The maximum Gasteiger partial charge on any atom is -0.0470 e. The fourth-order valence-corrected chi connectivity index (χ4v) is 0. The summed E-state index contributed by atoms with van der Waals surface area (Å²) in [6.07, 6.45) is 5.25. The molecule has 0 N–H and O–H groups in total. The predicted octanol–water partition coefficient (Wildman–Crippen LogP) is 5.30. The number of hydrogen-bond acceptors (Lipinski definition) is 0. The van der Waals surface area contributed by atoms with Gasteiger partial charge in [-0.05, 0) is 19.8 Å². The fourth-order valence-electron chi connectivity index (χ4n) is 0. The van der Waals surface area contributed by atoms with Crippen LogP contribution in [0.4, 0.5) is 0 Å². The smallest absolute Gasteiger partial charge is 0.0470 e. The van der Waals surface area contributed by atoms with Gasteiger partial charge in [0.15, 0.2) is 0 Å². The van der Waals surface area contributed by atoms with Crippen LogP contribution in [0.25, 0.3) is 0 Å². The third-order valence-electron chi connectivity index (χ3n) is 0.333. The molecule has 0 aliphatic rings. The van der Waals surface area contributed by atoms with Gasteiger partial charge in [0.25, 0.3) is 0 Å². The topological polar surface area (TPSA) is 0 Å². The first-order valence-electron chi connectivity index (χ1n) is 4.63. The van der Waals surface area contributed by atoms with E-state index in [9.17, 15) is 0 Å². The van der Waals surface area contributed by atoms with Crippen molar-refractivity contribution in [2.24, 2.45) is 5.92 Å². The zero-order valence-electron chi connectivity index (χ0n) is 9.44. The van der Waals surface area contributed by atoms with Gasteiger partial charge in [-0.25, -0.2) is 0 Å². The van der Waals surface area contributed by atoms with E-state index in [1.807, 2.05) is 26.0 Å². The van der Waals surface area contributed by atoms with Crippen LogP contribution in [0.2, 0.25) is 0 Å². The van der Waals surface area contributed by atoms with Crippen molar-refractivity contribution in [3.8, 4) is 0 Å². The average Bonchev–Trinajstić information content (AvgIpc) is 1.88. The average molecular weight is 174 g/mol. The van der Waals surface area contributed by atoms with Gasteiger partial charge in [-0.1, -0.05) is 60.6 Å². The van der Waals surface area contributed by atoms with E-state index in [1.165, 1.54) is 6.42 Å². The molecule has 12 heavy (non-hydrogen) atoms. The molecule has 0 atom stereocenters. The Bertz CT molecular complexity index is 44.3. The molecule has 78 valence electrons. The van der Waals surface area contributed by atoms with Crippen LogP contribution in [0, 0.1) is 5.92 Å². The summed E-state index contributed by atoms with van der Waals surface area (Å²) < 4.78 is 0. The molecule has 0 bridgehead atoms. The van der Waals surface area contributed by atoms with Gasteiger partial charge in [-0.15, -0.1) is 0 Å². The van der Waals surface area contributed by atoms with Crippen LogP contribution >= 0.6 is 0 Å². The summed E-state index contributed by atoms with van der Waals surface area (Å²) in [7, 11) is 0. The molecule has 0 amide bonds. The summed E-state index contributed by atoms with van der Waals surface area (Å²) in [4.78, 5) is 0. The van der Waals surface area contributed by atoms with Gasteiger partial charge in [0.05, 0.1) is 0 Å². The number of rotatable bonds is 0. The normalized spacial score (nSPS) is 7.67. The van der Waals surface area contributed by atoms with E-state index in [4.69, 9.17) is 0 Å². The minimum absolute atomic E-state index is 0. The van der Waals surface area contributed by atoms with Gasteiger partial charge in [-0.2, -0.15) is 0 Å². The molecule has 0 heteroatoms. The zero-order valence-corrected chi connectivity index (χ0v) is 9.44. The summed E-state index contributed by atoms with van der Waals surface area (Å²) in [5, 5.41) is 0. The van der Waals surface area contributed by atoms with Crippen molar-refractivity contribution in [2.75, 3.05) is 0 Å². The molecular weight excluding hydrogens is 144 g/mol. The van der Waals surface area contributed by atoms with Crippen LogP contribution < -0.4 is 0 Å². The first kappa shape index (κ1) is 22.6. The first-order chi connectivity index (χ1) is 5.06. The Morgan fingerprint density at radius 3 is 1.00 bits per heavy atom. The molecule has 0 aromatic carbocycles. The summed E-state index contributed by atoms with van der Waals surface area (Å²) in [5.41, 5.74) is 0. The van der Waals surface area contributed by atoms with Crippen LogP contribution in [0.5, 0.6) is 0 Å². The Labute approximate surface area is 81.1 Å². The Kier molecular flexibility index (Phi) is 58.3. The van der Waals surface area contributed by atoms with Gasteiger partial charge in [-0.3, -0.25) is 0 Å². The van der Waals surface area contributed by atoms with Crippen LogP contribution in [0.3, 0.4) is 0 Å². The van der Waals surface area contributed by atoms with E-state index < -0.39 is 0 Å². The highest BCUT2D eigenvalue weighted by Gasteiger charge is 1.68. The number of allylic oxidation sites excluding steroid dienone is 2. The molecule has 0 aromatic rings. The number of hydrogen-bond donors (Lipinski definition) is 0. The van der Waals surface area contributed by atoms with Crippen LogP contribution in [-0.4, -0.2) is 0 Å². The molecule has 0 heterocycles. The SMILES string of the molecule is C.CC(C)C.CC=CC.CCC. The van der Waals surface area contributed by atoms with E-state index in [0.717, 1.165) is 5.92 Å². The first-order valence-corrected chi connectivity index (χ1v) is 4.63. The lowest BCUT2D eigenvalue weighted by Gasteiger charge is -1.79. The van der Waals surface area contributed by atoms with Crippen molar-refractivity contribution < 1.29 is 0 Å². The van der Waals surface area contributed by atoms with Gasteiger partial charge in [0.1, 0.15) is 0 Å². The summed E-state index contributed by atoms with van der Waals surface area (Å²) in [6.45, 7) is 14.8.